The summed E-state index contributed by atoms with van der Waals surface area (Å²) in [6.45, 7) is 0.278. The number of ether oxygens (including phenoxy) is 3. The van der Waals surface area contributed by atoms with Gasteiger partial charge in [0, 0.05) is 17.6 Å². The van der Waals surface area contributed by atoms with E-state index < -0.39 is 84.6 Å². The number of hydrogen-bond acceptors (Lipinski definition) is 15. The molecule has 0 bridgehead atoms. The minimum atomic E-state index is -4.01. The molecule has 2 aliphatic heterocycles. The maximum absolute atomic E-state index is 12.7. The van der Waals surface area contributed by atoms with Crippen molar-refractivity contribution in [2.75, 3.05) is 23.3 Å². The summed E-state index contributed by atoms with van der Waals surface area (Å²) in [5.41, 5.74) is 0.870. The number of anilines is 2. The molecule has 4 rings (SSSR count). The molecule has 1 aromatic heterocycles. The first-order chi connectivity index (χ1) is 18.9. The highest BCUT2D eigenvalue weighted by atomic mass is 32.2. The third kappa shape index (κ3) is 6.50. The van der Waals surface area contributed by atoms with Crippen molar-refractivity contribution in [3.05, 3.63) is 42.2 Å². The molecule has 2 aliphatic rings. The highest BCUT2D eigenvalue weighted by Crippen LogP contribution is 2.30. The van der Waals surface area contributed by atoms with Crippen molar-refractivity contribution in [2.24, 2.45) is 0 Å². The molecule has 2 saturated heterocycles. The average molecular weight is 589 g/mol. The van der Waals surface area contributed by atoms with E-state index in [0.29, 0.717) is 11.4 Å². The van der Waals surface area contributed by atoms with Crippen LogP contribution in [0.5, 0.6) is 0 Å². The molecule has 40 heavy (non-hydrogen) atoms. The van der Waals surface area contributed by atoms with Crippen molar-refractivity contribution >= 4 is 21.7 Å². The number of rotatable bonds is 9. The number of nitrogens with zero attached hydrogens (tertiary/aromatic N) is 2. The molecule has 2 fully saturated rings. The number of benzene rings is 1. The largest absolute Gasteiger partial charge is 0.394 e. The van der Waals surface area contributed by atoms with Gasteiger partial charge in [-0.2, -0.15) is 0 Å². The molecule has 0 radical (unpaired) electrons. The Morgan fingerprint density at radius 3 is 2.17 bits per heavy atom. The fourth-order valence-corrected chi connectivity index (χ4v) is 5.23. The standard InChI is InChI=1S/C23H32N4O12S/c1-10-6-7-24-23(25-10)27-40(35,36)12-4-2-11(3-5-12)26-21-18(33)17(32)20(14(9-29)37-21)39-22-19(34)16(31)15(30)13(8-28)38-22/h2-7,13-22,26,28-34H,8-9H2,1H3,(H,24,25,27)/t13-,14-,15+,16+,17-,18-,19-,20-,21-,22+/m1/s1. The summed E-state index contributed by atoms with van der Waals surface area (Å²) in [6, 6.07) is 6.94. The summed E-state index contributed by atoms with van der Waals surface area (Å²) in [7, 11) is -4.01. The molecular weight excluding hydrogens is 556 g/mol. The average Bonchev–Trinajstić information content (AvgIpc) is 2.92. The summed E-state index contributed by atoms with van der Waals surface area (Å²) in [6.07, 6.45) is -14.0. The van der Waals surface area contributed by atoms with E-state index in [1.165, 1.54) is 30.5 Å². The third-order valence-electron chi connectivity index (χ3n) is 6.50. The van der Waals surface area contributed by atoms with Crippen LogP contribution in [0, 0.1) is 6.92 Å². The Morgan fingerprint density at radius 2 is 1.55 bits per heavy atom. The minimum absolute atomic E-state index is 0.0922. The van der Waals surface area contributed by atoms with E-state index in [9.17, 15) is 44.2 Å². The molecular formula is C23H32N4O12S. The van der Waals surface area contributed by atoms with Crippen LogP contribution in [0.3, 0.4) is 0 Å². The lowest BCUT2D eigenvalue weighted by molar-refractivity contribution is -0.340. The Morgan fingerprint density at radius 1 is 0.875 bits per heavy atom. The predicted molar refractivity (Wildman–Crippen MR) is 134 cm³/mol. The fourth-order valence-electron chi connectivity index (χ4n) is 4.28. The number of nitrogens with one attached hydrogen (secondary N) is 2. The smallest absolute Gasteiger partial charge is 0.264 e. The number of sulfonamides is 1. The van der Waals surface area contributed by atoms with Gasteiger partial charge in [-0.3, -0.25) is 0 Å². The van der Waals surface area contributed by atoms with Crippen LogP contribution in [-0.2, 0) is 24.2 Å². The Hall–Kier alpha value is -2.55. The van der Waals surface area contributed by atoms with Gasteiger partial charge in [-0.1, -0.05) is 0 Å². The van der Waals surface area contributed by atoms with Gasteiger partial charge in [-0.05, 0) is 37.3 Å². The highest BCUT2D eigenvalue weighted by molar-refractivity contribution is 7.92. The monoisotopic (exact) mass is 588 g/mol. The molecule has 0 saturated carbocycles. The van der Waals surface area contributed by atoms with Crippen LogP contribution in [-0.4, -0.2) is 129 Å². The number of aliphatic hydroxyl groups is 7. The molecule has 2 aromatic rings. The maximum atomic E-state index is 12.7. The molecule has 16 nitrogen and oxygen atoms in total. The van der Waals surface area contributed by atoms with Crippen LogP contribution in [0.25, 0.3) is 0 Å². The van der Waals surface area contributed by atoms with Crippen LogP contribution in [0.2, 0.25) is 0 Å². The van der Waals surface area contributed by atoms with Gasteiger partial charge in [-0.25, -0.2) is 23.1 Å². The Labute approximate surface area is 228 Å². The van der Waals surface area contributed by atoms with Crippen molar-refractivity contribution in [2.45, 2.75) is 73.2 Å². The normalized spacial score (nSPS) is 34.8. The molecule has 222 valence electrons. The number of hydrogen-bond donors (Lipinski definition) is 9. The van der Waals surface area contributed by atoms with Crippen molar-refractivity contribution in [3.8, 4) is 0 Å². The van der Waals surface area contributed by atoms with Crippen LogP contribution in [0.4, 0.5) is 11.6 Å². The van der Waals surface area contributed by atoms with Crippen molar-refractivity contribution in [1.82, 2.24) is 9.97 Å². The number of aryl methyl sites for hydroxylation is 1. The molecule has 1 aromatic carbocycles. The van der Waals surface area contributed by atoms with Crippen molar-refractivity contribution in [1.29, 1.82) is 0 Å². The molecule has 3 heterocycles. The van der Waals surface area contributed by atoms with E-state index in [1.807, 2.05) is 0 Å². The first kappa shape index (κ1) is 30.4. The molecule has 0 amide bonds. The predicted octanol–water partition coefficient (Wildman–Crippen LogP) is -3.38. The molecule has 10 atom stereocenters. The third-order valence-corrected chi connectivity index (χ3v) is 7.84. The molecule has 9 N–H and O–H groups in total. The zero-order chi connectivity index (χ0) is 29.2. The second-order valence-corrected chi connectivity index (χ2v) is 11.0. The number of aliphatic hydroxyl groups excluding tert-OH is 7. The number of aromatic nitrogens is 2. The van der Waals surface area contributed by atoms with Gasteiger partial charge < -0.3 is 55.3 Å². The van der Waals surface area contributed by atoms with Gasteiger partial charge in [0.15, 0.2) is 12.5 Å². The van der Waals surface area contributed by atoms with Crippen LogP contribution in [0.15, 0.2) is 41.4 Å². The highest BCUT2D eigenvalue weighted by Gasteiger charge is 2.50. The Balaban J connectivity index is 1.42. The van der Waals surface area contributed by atoms with E-state index in [4.69, 9.17) is 14.2 Å². The summed E-state index contributed by atoms with van der Waals surface area (Å²) in [5, 5.41) is 73.6. The van der Waals surface area contributed by atoms with E-state index in [0.717, 1.165) is 0 Å². The quantitative estimate of drug-likeness (QED) is 0.139. The lowest BCUT2D eigenvalue weighted by atomic mass is 9.96. The van der Waals surface area contributed by atoms with Gasteiger partial charge in [0.2, 0.25) is 5.95 Å². The zero-order valence-electron chi connectivity index (χ0n) is 21.1. The van der Waals surface area contributed by atoms with E-state index in [-0.39, 0.29) is 10.8 Å². The topological polar surface area (TPSA) is 253 Å². The lowest BCUT2D eigenvalue weighted by Crippen LogP contribution is -2.65. The van der Waals surface area contributed by atoms with Crippen molar-refractivity contribution < 1.29 is 58.4 Å². The first-order valence-electron chi connectivity index (χ1n) is 12.2. The minimum Gasteiger partial charge on any atom is -0.394 e. The van der Waals surface area contributed by atoms with Gasteiger partial charge >= 0.3 is 0 Å². The summed E-state index contributed by atoms with van der Waals surface area (Å²) in [5.74, 6) is -0.0922. The molecule has 0 unspecified atom stereocenters. The second-order valence-electron chi connectivity index (χ2n) is 9.35. The molecule has 17 heteroatoms. The zero-order valence-corrected chi connectivity index (χ0v) is 21.9. The van der Waals surface area contributed by atoms with Crippen molar-refractivity contribution in [3.63, 3.8) is 0 Å². The SMILES string of the molecule is Cc1ccnc(NS(=O)(=O)c2ccc(N[C@@H]3O[C@H](CO)[C@@H](O[C@@H]4O[C@H](CO)[C@H](O)[C@H](O)[C@H]4O)[C@H](O)[C@H]3O)cc2)n1. The fraction of sp³-hybridized carbons (Fsp3) is 0.565. The van der Waals surface area contributed by atoms with E-state index in [1.54, 1.807) is 13.0 Å². The van der Waals surface area contributed by atoms with Crippen LogP contribution in [0.1, 0.15) is 5.69 Å². The Bertz CT molecular complexity index is 1230. The van der Waals surface area contributed by atoms with Crippen LogP contribution >= 0.6 is 0 Å². The first-order valence-corrected chi connectivity index (χ1v) is 13.7. The second kappa shape index (κ2) is 12.5. The van der Waals surface area contributed by atoms with Gasteiger partial charge in [-0.15, -0.1) is 0 Å². The van der Waals surface area contributed by atoms with Gasteiger partial charge in [0.05, 0.1) is 18.1 Å². The maximum Gasteiger partial charge on any atom is 0.264 e. The van der Waals surface area contributed by atoms with Gasteiger partial charge in [0.25, 0.3) is 10.0 Å². The Kier molecular flexibility index (Phi) is 9.53. The lowest BCUT2D eigenvalue weighted by Gasteiger charge is -2.46. The summed E-state index contributed by atoms with van der Waals surface area (Å²) in [4.78, 5) is 7.77. The van der Waals surface area contributed by atoms with Gasteiger partial charge in [0.1, 0.15) is 48.8 Å². The van der Waals surface area contributed by atoms with Crippen LogP contribution < -0.4 is 10.0 Å². The molecule has 0 aliphatic carbocycles. The summed E-state index contributed by atoms with van der Waals surface area (Å²) >= 11 is 0. The van der Waals surface area contributed by atoms with E-state index in [2.05, 4.69) is 20.0 Å². The molecule has 0 spiro atoms. The van der Waals surface area contributed by atoms with E-state index >= 15 is 0 Å². The summed E-state index contributed by atoms with van der Waals surface area (Å²) < 4.78 is 44.1.